The molecular formula is C35H48ClFN6O7. The van der Waals surface area contributed by atoms with Gasteiger partial charge >= 0.3 is 6.09 Å². The highest BCUT2D eigenvalue weighted by Crippen LogP contribution is 2.45. The van der Waals surface area contributed by atoms with E-state index in [2.05, 4.69) is 16.0 Å². The first-order chi connectivity index (χ1) is 23.7. The number of pyridine rings is 1. The summed E-state index contributed by atoms with van der Waals surface area (Å²) < 4.78 is 22.8. The Bertz CT molecular complexity index is 1670. The summed E-state index contributed by atoms with van der Waals surface area (Å²) in [6, 6.07) is -0.973. The van der Waals surface area contributed by atoms with Crippen molar-refractivity contribution in [1.82, 2.24) is 20.5 Å². The van der Waals surface area contributed by atoms with E-state index in [4.69, 9.17) is 26.9 Å². The zero-order valence-electron chi connectivity index (χ0n) is 29.0. The minimum Gasteiger partial charge on any atom is -0.503 e. The van der Waals surface area contributed by atoms with Gasteiger partial charge in [-0.1, -0.05) is 23.8 Å². The summed E-state index contributed by atoms with van der Waals surface area (Å²) in [5.41, 5.74) is 4.80. The largest absolute Gasteiger partial charge is 0.503 e. The maximum Gasteiger partial charge on any atom is 0.408 e. The normalized spacial score (nSPS) is 21.0. The van der Waals surface area contributed by atoms with Gasteiger partial charge in [-0.15, -0.1) is 0 Å². The number of carbonyl (C=O) groups excluding carboxylic acids is 4. The highest BCUT2D eigenvalue weighted by molar-refractivity contribution is 6.38. The number of halogens is 2. The van der Waals surface area contributed by atoms with Crippen molar-refractivity contribution in [3.05, 3.63) is 45.5 Å². The first-order valence-corrected chi connectivity index (χ1v) is 17.3. The number of hydrogen-bond donors (Lipinski definition) is 5. The fourth-order valence-corrected chi connectivity index (χ4v) is 7.07. The molecule has 1 aromatic heterocycles. The predicted molar refractivity (Wildman–Crippen MR) is 189 cm³/mol. The van der Waals surface area contributed by atoms with Crippen LogP contribution in [0, 0.1) is 17.7 Å². The van der Waals surface area contributed by atoms with Crippen LogP contribution >= 0.6 is 11.6 Å². The third-order valence-electron chi connectivity index (χ3n) is 9.17. The Morgan fingerprint density at radius 2 is 1.86 bits per heavy atom. The Hall–Kier alpha value is -4.17. The molecule has 2 aromatic rings. The van der Waals surface area contributed by atoms with Crippen molar-refractivity contribution in [2.45, 2.75) is 96.0 Å². The summed E-state index contributed by atoms with van der Waals surface area (Å²) >= 11 is 6.88. The molecule has 1 aliphatic heterocycles. The predicted octanol–water partition coefficient (Wildman–Crippen LogP) is 3.67. The molecule has 2 aliphatic carbocycles. The van der Waals surface area contributed by atoms with Gasteiger partial charge in [0.15, 0.2) is 5.75 Å². The van der Waals surface area contributed by atoms with E-state index in [0.29, 0.717) is 44.4 Å². The van der Waals surface area contributed by atoms with Crippen molar-refractivity contribution in [3.63, 3.8) is 0 Å². The number of ether oxygens (including phenoxy) is 1. The van der Waals surface area contributed by atoms with Crippen molar-refractivity contribution in [2.75, 3.05) is 24.5 Å². The minimum atomic E-state index is -0.913. The maximum absolute atomic E-state index is 15.7. The molecule has 1 saturated carbocycles. The van der Waals surface area contributed by atoms with Crippen molar-refractivity contribution in [3.8, 4) is 5.75 Å². The molecule has 1 saturated heterocycles. The van der Waals surface area contributed by atoms with Crippen molar-refractivity contribution in [2.24, 2.45) is 17.6 Å². The van der Waals surface area contributed by atoms with E-state index in [1.807, 2.05) is 23.8 Å². The Morgan fingerprint density at radius 3 is 2.50 bits per heavy atom. The number of hydrogen-bond acceptors (Lipinski definition) is 9. The number of allylic oxidation sites excluding steroid dienone is 1. The lowest BCUT2D eigenvalue weighted by atomic mass is 9.82. The van der Waals surface area contributed by atoms with Gasteiger partial charge in [0.1, 0.15) is 30.3 Å². The average Bonchev–Trinajstić information content (AvgIpc) is 3.81. The van der Waals surface area contributed by atoms with Gasteiger partial charge in [0.2, 0.25) is 17.2 Å². The highest BCUT2D eigenvalue weighted by Gasteiger charge is 2.41. The molecule has 5 rings (SSSR count). The SMILES string of the molecule is C=O.C[C@@H](NC(=O)[C@H](CCCCN)NC(=O)OC(C)(C)C)C(=O)NC1C=CCC2CN(c3c(F)cc4c(=O)c(O)cn(C5CC5)c4c3Cl)CC21. The van der Waals surface area contributed by atoms with E-state index in [1.165, 1.54) is 6.20 Å². The molecular weight excluding hydrogens is 671 g/mol. The van der Waals surface area contributed by atoms with Gasteiger partial charge < -0.3 is 45.8 Å². The van der Waals surface area contributed by atoms with Gasteiger partial charge in [-0.2, -0.15) is 0 Å². The summed E-state index contributed by atoms with van der Waals surface area (Å²) in [4.78, 5) is 61.6. The molecule has 1 aromatic carbocycles. The summed E-state index contributed by atoms with van der Waals surface area (Å²) in [6.45, 7) is 10.1. The molecule has 274 valence electrons. The summed E-state index contributed by atoms with van der Waals surface area (Å²) in [7, 11) is 0. The van der Waals surface area contributed by atoms with Crippen LogP contribution in [0.2, 0.25) is 5.02 Å². The molecule has 0 spiro atoms. The minimum absolute atomic E-state index is 0.0375. The smallest absolute Gasteiger partial charge is 0.408 e. The van der Waals surface area contributed by atoms with Gasteiger partial charge in [0, 0.05) is 25.0 Å². The van der Waals surface area contributed by atoms with Gasteiger partial charge in [-0.05, 0) is 84.7 Å². The number of carbonyl (C=O) groups is 4. The zero-order chi connectivity index (χ0) is 36.9. The van der Waals surface area contributed by atoms with E-state index in [0.717, 1.165) is 25.3 Å². The number of aromatic hydroxyl groups is 1. The maximum atomic E-state index is 15.7. The summed E-state index contributed by atoms with van der Waals surface area (Å²) in [6.07, 6.45) is 8.62. The molecule has 0 bridgehead atoms. The second-order valence-corrected chi connectivity index (χ2v) is 14.5. The van der Waals surface area contributed by atoms with Crippen LogP contribution in [0.4, 0.5) is 14.9 Å². The van der Waals surface area contributed by atoms with E-state index < -0.39 is 52.6 Å². The first-order valence-electron chi connectivity index (χ1n) is 16.9. The third kappa shape index (κ3) is 8.94. The molecule has 50 heavy (non-hydrogen) atoms. The van der Waals surface area contributed by atoms with Gasteiger partial charge in [0.05, 0.1) is 33.9 Å². The van der Waals surface area contributed by atoms with Crippen LogP contribution in [-0.2, 0) is 19.1 Å². The number of alkyl carbamates (subject to hydrolysis) is 1. The second kappa shape index (κ2) is 16.2. The van der Waals surface area contributed by atoms with E-state index in [1.54, 1.807) is 32.3 Å². The van der Waals surface area contributed by atoms with Crippen molar-refractivity contribution < 1.29 is 33.4 Å². The van der Waals surface area contributed by atoms with E-state index >= 15 is 4.39 Å². The molecule has 5 atom stereocenters. The molecule has 15 heteroatoms. The number of rotatable bonds is 11. The van der Waals surface area contributed by atoms with Crippen LogP contribution in [0.15, 0.2) is 29.2 Å². The summed E-state index contributed by atoms with van der Waals surface area (Å²) in [5.74, 6) is -1.99. The van der Waals surface area contributed by atoms with Crippen molar-refractivity contribution >= 4 is 52.9 Å². The van der Waals surface area contributed by atoms with Crippen LogP contribution in [0.5, 0.6) is 5.75 Å². The average molecular weight is 719 g/mol. The Balaban J connectivity index is 0.00000276. The molecule has 13 nitrogen and oxygen atoms in total. The summed E-state index contributed by atoms with van der Waals surface area (Å²) in [5, 5.41) is 18.7. The molecule has 3 aliphatic rings. The lowest BCUT2D eigenvalue weighted by Crippen LogP contribution is -2.55. The Morgan fingerprint density at radius 1 is 1.16 bits per heavy atom. The van der Waals surface area contributed by atoms with E-state index in [9.17, 15) is 24.3 Å². The standard InChI is InChI=1S/C34H46ClFN6O6.CH2O/c1-18(38-32(46)25(9-5-6-13-37)40-33(47)48-34(2,3)4)31(45)39-24-10-7-8-19-15-41(16-22(19)24)29-23(36)14-21-28(27(29)35)42(20-11-12-20)17-26(43)30(21)44;1-2/h7,10,14,17-20,22,24-25,43H,5-6,8-9,11-13,15-16,37H2,1-4H3,(H,38,46)(H,39,45)(H,40,47);1H2/t18-,19?,22?,24?,25+;/m1./s1. The number of benzene rings is 1. The van der Waals surface area contributed by atoms with Gasteiger partial charge in [-0.3, -0.25) is 14.4 Å². The topological polar surface area (TPSA) is 185 Å². The lowest BCUT2D eigenvalue weighted by molar-refractivity contribution is -0.130. The number of fused-ring (bicyclic) bond motifs is 2. The van der Waals surface area contributed by atoms with Crippen LogP contribution < -0.4 is 32.0 Å². The van der Waals surface area contributed by atoms with Crippen LogP contribution in [-0.4, -0.2) is 77.7 Å². The third-order valence-corrected chi connectivity index (χ3v) is 9.53. The first kappa shape index (κ1) is 38.6. The van der Waals surface area contributed by atoms with Crippen LogP contribution in [0.3, 0.4) is 0 Å². The number of nitrogens with one attached hydrogen (secondary N) is 3. The number of nitrogens with two attached hydrogens (primary N) is 1. The van der Waals surface area contributed by atoms with Crippen LogP contribution in [0.25, 0.3) is 10.9 Å². The molecule has 2 fully saturated rings. The Labute approximate surface area is 295 Å². The van der Waals surface area contributed by atoms with Gasteiger partial charge in [-0.25, -0.2) is 9.18 Å². The highest BCUT2D eigenvalue weighted by atomic mass is 35.5. The molecule has 3 unspecified atom stereocenters. The lowest BCUT2D eigenvalue weighted by Gasteiger charge is -2.30. The quantitative estimate of drug-likeness (QED) is 0.171. The fourth-order valence-electron chi connectivity index (χ4n) is 6.66. The number of unbranched alkanes of at least 4 members (excludes halogenated alkanes) is 1. The second-order valence-electron chi connectivity index (χ2n) is 14.1. The molecule has 2 heterocycles. The van der Waals surface area contributed by atoms with Gasteiger partial charge in [0.25, 0.3) is 0 Å². The molecule has 3 amide bonds. The van der Waals surface area contributed by atoms with E-state index in [-0.39, 0.29) is 40.0 Å². The van der Waals surface area contributed by atoms with Crippen molar-refractivity contribution in [1.29, 1.82) is 0 Å². The monoisotopic (exact) mass is 718 g/mol. The molecule has 6 N–H and O–H groups in total. The Kier molecular flexibility index (Phi) is 12.5. The molecule has 0 radical (unpaired) electrons. The number of amides is 3. The van der Waals surface area contributed by atoms with Crippen LogP contribution in [0.1, 0.15) is 72.3 Å². The zero-order valence-corrected chi connectivity index (χ0v) is 29.7. The number of anilines is 1. The number of aromatic nitrogens is 1. The fraction of sp³-hybridized carbons (Fsp3) is 0.571. The number of nitrogens with zero attached hydrogens (tertiary/aromatic N) is 2.